The molecule has 29 heavy (non-hydrogen) atoms. The van der Waals surface area contributed by atoms with Crippen molar-refractivity contribution in [3.63, 3.8) is 0 Å². The first-order valence-electron chi connectivity index (χ1n) is 8.99. The predicted octanol–water partition coefficient (Wildman–Crippen LogP) is 1.74. The molecule has 0 heterocycles. The first-order chi connectivity index (χ1) is 13.8. The predicted molar refractivity (Wildman–Crippen MR) is 109 cm³/mol. The Morgan fingerprint density at radius 3 is 2.28 bits per heavy atom. The van der Waals surface area contributed by atoms with Crippen LogP contribution >= 0.6 is 0 Å². The maximum atomic E-state index is 12.5. The van der Waals surface area contributed by atoms with Crippen LogP contribution in [0.1, 0.15) is 12.5 Å². The molecular weight excluding hydrogens is 396 g/mol. The van der Waals surface area contributed by atoms with Crippen molar-refractivity contribution in [2.24, 2.45) is 0 Å². The zero-order valence-electron chi connectivity index (χ0n) is 16.9. The number of amides is 1. The van der Waals surface area contributed by atoms with Crippen molar-refractivity contribution in [1.29, 1.82) is 0 Å². The molecule has 0 aromatic heterocycles. The minimum Gasteiger partial charge on any atom is -0.493 e. The molecule has 0 aliphatic carbocycles. The van der Waals surface area contributed by atoms with Crippen LogP contribution in [0.5, 0.6) is 17.2 Å². The highest BCUT2D eigenvalue weighted by Crippen LogP contribution is 2.27. The maximum absolute atomic E-state index is 12.5. The molecule has 2 N–H and O–H groups in total. The van der Waals surface area contributed by atoms with Crippen molar-refractivity contribution >= 4 is 15.9 Å². The normalized spacial score (nSPS) is 12.1. The van der Waals surface area contributed by atoms with E-state index in [1.807, 2.05) is 12.1 Å². The second-order valence-electron chi connectivity index (χ2n) is 6.18. The van der Waals surface area contributed by atoms with Gasteiger partial charge in [-0.3, -0.25) is 4.79 Å². The highest BCUT2D eigenvalue weighted by Gasteiger charge is 2.16. The second kappa shape index (κ2) is 10.1. The van der Waals surface area contributed by atoms with Gasteiger partial charge >= 0.3 is 0 Å². The lowest BCUT2D eigenvalue weighted by Crippen LogP contribution is -2.33. The third-order valence-corrected chi connectivity index (χ3v) is 5.69. The quantitative estimate of drug-likeness (QED) is 0.605. The summed E-state index contributed by atoms with van der Waals surface area (Å²) in [5, 5.41) is 2.49. The van der Waals surface area contributed by atoms with Crippen LogP contribution in [0.3, 0.4) is 0 Å². The number of methoxy groups -OCH3 is 2. The van der Waals surface area contributed by atoms with Crippen molar-refractivity contribution in [2.75, 3.05) is 27.8 Å². The summed E-state index contributed by atoms with van der Waals surface area (Å²) in [6.45, 7) is 1.84. The van der Waals surface area contributed by atoms with Gasteiger partial charge in [0.05, 0.1) is 19.1 Å². The van der Waals surface area contributed by atoms with Gasteiger partial charge in [-0.25, -0.2) is 13.1 Å². The minimum absolute atomic E-state index is 0.116. The molecule has 8 nitrogen and oxygen atoms in total. The molecule has 0 radical (unpaired) electrons. The van der Waals surface area contributed by atoms with E-state index in [1.54, 1.807) is 27.2 Å². The van der Waals surface area contributed by atoms with E-state index in [2.05, 4.69) is 10.0 Å². The number of carbonyl (C=O) groups is 1. The average molecular weight is 423 g/mol. The molecule has 0 aliphatic heterocycles. The summed E-state index contributed by atoms with van der Waals surface area (Å²) in [6.07, 6.45) is -0.188. The number of carbonyl (C=O) groups excluding carboxylic acids is 1. The fraction of sp³-hybridized carbons (Fsp3) is 0.350. The van der Waals surface area contributed by atoms with Crippen molar-refractivity contribution in [1.82, 2.24) is 10.0 Å². The standard InChI is InChI=1S/C20H26N2O6S/c1-14(20(23)21-2)28-16-6-8-17(9-7-16)29(24,25)22-12-11-15-5-10-18(26-3)19(13-15)27-4/h5-10,13-14,22H,11-12H2,1-4H3,(H,21,23)/t14-/m0/s1. The number of rotatable bonds is 10. The Labute approximate surface area is 171 Å². The summed E-state index contributed by atoms with van der Waals surface area (Å²) < 4.78 is 43.4. The van der Waals surface area contributed by atoms with Crippen LogP contribution in [0.4, 0.5) is 0 Å². The van der Waals surface area contributed by atoms with E-state index in [4.69, 9.17) is 14.2 Å². The van der Waals surface area contributed by atoms with Gasteiger partial charge in [0.1, 0.15) is 5.75 Å². The topological polar surface area (TPSA) is 103 Å². The van der Waals surface area contributed by atoms with Gasteiger partial charge in [0, 0.05) is 13.6 Å². The number of likely N-dealkylation sites (N-methyl/N-ethyl adjacent to an activating group) is 1. The fourth-order valence-electron chi connectivity index (χ4n) is 2.61. The molecular formula is C20H26N2O6S. The Balaban J connectivity index is 1.96. The molecule has 0 aliphatic rings. The lowest BCUT2D eigenvalue weighted by atomic mass is 10.1. The van der Waals surface area contributed by atoms with Crippen LogP contribution in [0.2, 0.25) is 0 Å². The van der Waals surface area contributed by atoms with Crippen molar-refractivity contribution in [3.8, 4) is 17.2 Å². The van der Waals surface area contributed by atoms with Crippen LogP contribution in [0.15, 0.2) is 47.4 Å². The molecule has 0 unspecified atom stereocenters. The van der Waals surface area contributed by atoms with E-state index >= 15 is 0 Å². The number of sulfonamides is 1. The van der Waals surface area contributed by atoms with E-state index in [-0.39, 0.29) is 17.3 Å². The van der Waals surface area contributed by atoms with Gasteiger partial charge in [0.15, 0.2) is 17.6 Å². The smallest absolute Gasteiger partial charge is 0.260 e. The lowest BCUT2D eigenvalue weighted by Gasteiger charge is -2.13. The SMILES string of the molecule is CNC(=O)[C@H](C)Oc1ccc(S(=O)(=O)NCCc2ccc(OC)c(OC)c2)cc1. The molecule has 2 aromatic carbocycles. The van der Waals surface area contributed by atoms with Crippen molar-refractivity contribution in [2.45, 2.75) is 24.3 Å². The van der Waals surface area contributed by atoms with Crippen LogP contribution in [-0.4, -0.2) is 48.2 Å². The molecule has 0 fully saturated rings. The number of hydrogen-bond donors (Lipinski definition) is 2. The molecule has 1 amide bonds. The zero-order valence-corrected chi connectivity index (χ0v) is 17.7. The highest BCUT2D eigenvalue weighted by atomic mass is 32.2. The fourth-order valence-corrected chi connectivity index (χ4v) is 3.64. The van der Waals surface area contributed by atoms with E-state index < -0.39 is 16.1 Å². The van der Waals surface area contributed by atoms with Gasteiger partial charge in [-0.05, 0) is 55.3 Å². The molecule has 0 bridgehead atoms. The molecule has 9 heteroatoms. The van der Waals surface area contributed by atoms with Crippen LogP contribution in [0.25, 0.3) is 0 Å². The van der Waals surface area contributed by atoms with Gasteiger partial charge in [0.25, 0.3) is 5.91 Å². The third-order valence-electron chi connectivity index (χ3n) is 4.22. The summed E-state index contributed by atoms with van der Waals surface area (Å²) in [6, 6.07) is 11.4. The summed E-state index contributed by atoms with van der Waals surface area (Å²) in [5.41, 5.74) is 0.914. The molecule has 158 valence electrons. The molecule has 2 rings (SSSR count). The number of nitrogens with one attached hydrogen (secondary N) is 2. The first-order valence-corrected chi connectivity index (χ1v) is 10.5. The van der Waals surface area contributed by atoms with Crippen molar-refractivity contribution < 1.29 is 27.4 Å². The van der Waals surface area contributed by atoms with Crippen molar-refractivity contribution in [3.05, 3.63) is 48.0 Å². The number of hydrogen-bond acceptors (Lipinski definition) is 6. The van der Waals surface area contributed by atoms with E-state index in [9.17, 15) is 13.2 Å². The van der Waals surface area contributed by atoms with Gasteiger partial charge in [-0.15, -0.1) is 0 Å². The Kier molecular flexibility index (Phi) is 7.86. The average Bonchev–Trinajstić information content (AvgIpc) is 2.73. The summed E-state index contributed by atoms with van der Waals surface area (Å²) in [5.74, 6) is 1.35. The Bertz CT molecular complexity index is 928. The Hall–Kier alpha value is -2.78. The molecule has 2 aromatic rings. The Morgan fingerprint density at radius 1 is 1.03 bits per heavy atom. The van der Waals surface area contributed by atoms with Crippen LogP contribution in [0, 0.1) is 0 Å². The second-order valence-corrected chi connectivity index (χ2v) is 7.95. The largest absolute Gasteiger partial charge is 0.493 e. The maximum Gasteiger partial charge on any atom is 0.260 e. The molecule has 0 spiro atoms. The van der Waals surface area contributed by atoms with E-state index in [0.717, 1.165) is 5.56 Å². The van der Waals surface area contributed by atoms with Crippen LogP contribution < -0.4 is 24.2 Å². The lowest BCUT2D eigenvalue weighted by molar-refractivity contribution is -0.126. The Morgan fingerprint density at radius 2 is 1.69 bits per heavy atom. The molecule has 0 saturated carbocycles. The van der Waals surface area contributed by atoms with E-state index in [0.29, 0.717) is 23.7 Å². The van der Waals surface area contributed by atoms with Gasteiger partial charge in [0.2, 0.25) is 10.0 Å². The monoisotopic (exact) mass is 422 g/mol. The highest BCUT2D eigenvalue weighted by molar-refractivity contribution is 7.89. The van der Waals surface area contributed by atoms with Gasteiger partial charge < -0.3 is 19.5 Å². The molecule has 0 saturated heterocycles. The molecule has 1 atom stereocenters. The zero-order chi connectivity index (χ0) is 21.4. The summed E-state index contributed by atoms with van der Waals surface area (Å²) in [4.78, 5) is 11.6. The first kappa shape index (κ1) is 22.5. The summed E-state index contributed by atoms with van der Waals surface area (Å²) in [7, 11) is 0.959. The minimum atomic E-state index is -3.67. The van der Waals surface area contributed by atoms with E-state index in [1.165, 1.54) is 31.3 Å². The van der Waals surface area contributed by atoms with Gasteiger partial charge in [-0.2, -0.15) is 0 Å². The number of ether oxygens (including phenoxy) is 3. The third kappa shape index (κ3) is 6.10. The van der Waals surface area contributed by atoms with Gasteiger partial charge in [-0.1, -0.05) is 6.07 Å². The number of benzene rings is 2. The summed E-state index contributed by atoms with van der Waals surface area (Å²) >= 11 is 0. The van der Waals surface area contributed by atoms with Crippen LogP contribution in [-0.2, 0) is 21.2 Å².